The van der Waals surface area contributed by atoms with Crippen molar-refractivity contribution >= 4 is 28.6 Å². The van der Waals surface area contributed by atoms with E-state index in [1.165, 1.54) is 3.81 Å². The molecule has 0 aromatic carbocycles. The van der Waals surface area contributed by atoms with Crippen LogP contribution >= 0.6 is 24.8 Å². The van der Waals surface area contributed by atoms with Crippen molar-refractivity contribution < 1.29 is 20.0 Å². The molecule has 0 bridgehead atoms. The molecule has 1 N–H and O–H groups in total. The van der Waals surface area contributed by atoms with E-state index in [0.717, 1.165) is 6.42 Å². The number of aromatic nitrogens is 1. The van der Waals surface area contributed by atoms with Gasteiger partial charge < -0.3 is 12.4 Å². The Morgan fingerprint density at radius 1 is 1.29 bits per heavy atom. The molecule has 0 saturated heterocycles. The first-order valence-electron chi connectivity index (χ1n) is 4.46. The summed E-state index contributed by atoms with van der Waals surface area (Å²) >= 11 is 2.08. The SMILES string of the molecule is C[C](C)=[Ti].Cl.Cl.[C-]1=CC=CC1.[CH3-].[c-]1ccc[nH]1. The van der Waals surface area contributed by atoms with E-state index in [9.17, 15) is 0 Å². The van der Waals surface area contributed by atoms with E-state index < -0.39 is 0 Å². The number of nitrogens with one attached hydrogen (secondary N) is 1. The second kappa shape index (κ2) is 21.2. The molecule has 1 aromatic rings. The average molecular weight is 309 g/mol. The molecule has 98 valence electrons. The Morgan fingerprint density at radius 3 is 2.00 bits per heavy atom. The Balaban J connectivity index is -0.0000000692. The minimum absolute atomic E-state index is 0. The normalized spacial score (nSPS) is 9.00. The van der Waals surface area contributed by atoms with Crippen LogP contribution in [0.15, 0.2) is 36.6 Å². The van der Waals surface area contributed by atoms with Crippen LogP contribution in [0.2, 0.25) is 0 Å². The standard InChI is InChI=1S/C5H5.C4H4N.C3H6.CH3.2ClH.Ti/c2*1-2-4-5-3-1;1-3-2;;;;/h1-3H,4H2;1-3,5H;1-2H3;1H3;2*1H;/q2*-1;;-1;;;. The van der Waals surface area contributed by atoms with Gasteiger partial charge in [-0.1, -0.05) is 0 Å². The topological polar surface area (TPSA) is 15.8 Å². The van der Waals surface area contributed by atoms with Gasteiger partial charge in [-0.05, 0) is 0 Å². The minimum atomic E-state index is 0. The van der Waals surface area contributed by atoms with Crippen LogP contribution in [0.5, 0.6) is 0 Å². The summed E-state index contributed by atoms with van der Waals surface area (Å²) in [4.78, 5) is 2.74. The second-order valence-electron chi connectivity index (χ2n) is 2.82. The third kappa shape index (κ3) is 31.3. The largest absolute Gasteiger partial charge is 0.484 e. The first-order valence-corrected chi connectivity index (χ1v) is 5.24. The number of allylic oxidation sites excluding steroid dienone is 4. The maximum atomic E-state index is 2.99. The van der Waals surface area contributed by atoms with E-state index in [0.29, 0.717) is 0 Å². The zero-order valence-electron chi connectivity index (χ0n) is 10.5. The van der Waals surface area contributed by atoms with Gasteiger partial charge in [-0.25, -0.2) is 12.2 Å². The fraction of sp³-hybridized carbons (Fsp3) is 0.231. The van der Waals surface area contributed by atoms with Crippen molar-refractivity contribution in [3.05, 3.63) is 56.3 Å². The Bertz CT molecular complexity index is 248. The maximum Gasteiger partial charge on any atom is -0.108 e. The molecular weight excluding hydrogens is 289 g/mol. The van der Waals surface area contributed by atoms with E-state index in [4.69, 9.17) is 0 Å². The van der Waals surface area contributed by atoms with Crippen molar-refractivity contribution in [2.75, 3.05) is 0 Å². The Morgan fingerprint density at radius 2 is 1.88 bits per heavy atom. The van der Waals surface area contributed by atoms with Crippen LogP contribution in [0, 0.1) is 19.7 Å². The molecule has 2 rings (SSSR count). The van der Waals surface area contributed by atoms with Crippen molar-refractivity contribution in [3.63, 3.8) is 0 Å². The van der Waals surface area contributed by atoms with Gasteiger partial charge in [0, 0.05) is 0 Å². The summed E-state index contributed by atoms with van der Waals surface area (Å²) < 4.78 is 1.42. The maximum absolute atomic E-state index is 2.99. The number of hydrogen-bond acceptors (Lipinski definition) is 0. The van der Waals surface area contributed by atoms with Crippen molar-refractivity contribution in [2.24, 2.45) is 0 Å². The van der Waals surface area contributed by atoms with Crippen LogP contribution < -0.4 is 0 Å². The van der Waals surface area contributed by atoms with Crippen LogP contribution in [0.1, 0.15) is 20.3 Å². The van der Waals surface area contributed by atoms with Crippen LogP contribution in [0.4, 0.5) is 0 Å². The molecule has 0 saturated carbocycles. The molecule has 1 aromatic heterocycles. The quantitative estimate of drug-likeness (QED) is 0.547. The number of halogens is 2. The Kier molecular flexibility index (Phi) is 32.1. The summed E-state index contributed by atoms with van der Waals surface area (Å²) in [6.45, 7) is 4.17. The summed E-state index contributed by atoms with van der Waals surface area (Å²) in [6.07, 6.45) is 14.6. The minimum Gasteiger partial charge on any atom is -0.484 e. The molecule has 1 heterocycles. The van der Waals surface area contributed by atoms with Gasteiger partial charge in [0.25, 0.3) is 0 Å². The van der Waals surface area contributed by atoms with Crippen LogP contribution in [-0.4, -0.2) is 8.80 Å². The van der Waals surface area contributed by atoms with Gasteiger partial charge >= 0.3 is 37.6 Å². The third-order valence-electron chi connectivity index (χ3n) is 1.03. The summed E-state index contributed by atoms with van der Waals surface area (Å²) in [5.74, 6) is 0. The zero-order valence-corrected chi connectivity index (χ0v) is 13.7. The Hall–Kier alpha value is -0.0757. The first-order chi connectivity index (χ1) is 6.73. The molecule has 0 spiro atoms. The van der Waals surface area contributed by atoms with Gasteiger partial charge in [-0.15, -0.1) is 37.4 Å². The number of H-pyrrole nitrogens is 1. The molecule has 0 amide bonds. The van der Waals surface area contributed by atoms with Crippen LogP contribution in [0.3, 0.4) is 0 Å². The predicted molar refractivity (Wildman–Crippen MR) is 78.5 cm³/mol. The van der Waals surface area contributed by atoms with Crippen molar-refractivity contribution in [2.45, 2.75) is 20.3 Å². The smallest absolute Gasteiger partial charge is 0.108 e. The number of hydrogen-bond donors (Lipinski definition) is 1. The van der Waals surface area contributed by atoms with Gasteiger partial charge in [0.05, 0.1) is 0 Å². The monoisotopic (exact) mass is 308 g/mol. The average Bonchev–Trinajstić information content (AvgIpc) is 2.83. The fourth-order valence-electron chi connectivity index (χ4n) is 0.581. The van der Waals surface area contributed by atoms with Gasteiger partial charge in [-0.3, -0.25) is 6.08 Å². The van der Waals surface area contributed by atoms with Crippen molar-refractivity contribution in [1.82, 2.24) is 4.98 Å². The molecule has 0 atom stereocenters. The summed E-state index contributed by atoms with van der Waals surface area (Å²) in [5.41, 5.74) is 0. The second-order valence-corrected chi connectivity index (χ2v) is 4.38. The fourth-order valence-corrected chi connectivity index (χ4v) is 0.581. The third-order valence-corrected chi connectivity index (χ3v) is 1.03. The van der Waals surface area contributed by atoms with E-state index in [-0.39, 0.29) is 32.2 Å². The van der Waals surface area contributed by atoms with E-state index in [2.05, 4.69) is 57.2 Å². The first kappa shape index (κ1) is 25.7. The Labute approximate surface area is 130 Å². The van der Waals surface area contributed by atoms with Gasteiger partial charge in [0.2, 0.25) is 0 Å². The van der Waals surface area contributed by atoms with E-state index in [1.807, 2.05) is 30.5 Å². The molecular formula is C13H20Cl2NTi-3. The number of rotatable bonds is 0. The molecule has 4 heteroatoms. The summed E-state index contributed by atoms with van der Waals surface area (Å²) in [7, 11) is 0. The van der Waals surface area contributed by atoms with Crippen LogP contribution in [-0.2, 0) is 20.0 Å². The zero-order chi connectivity index (χ0) is 10.6. The van der Waals surface area contributed by atoms with E-state index >= 15 is 0 Å². The number of aromatic amines is 1. The molecule has 0 aliphatic heterocycles. The van der Waals surface area contributed by atoms with Crippen molar-refractivity contribution in [1.29, 1.82) is 0 Å². The molecule has 17 heavy (non-hydrogen) atoms. The molecule has 0 fully saturated rings. The molecule has 0 radical (unpaired) electrons. The van der Waals surface area contributed by atoms with Crippen LogP contribution in [0.25, 0.3) is 0 Å². The molecule has 1 nitrogen and oxygen atoms in total. The molecule has 1 aliphatic carbocycles. The van der Waals surface area contributed by atoms with Gasteiger partial charge in [0.15, 0.2) is 0 Å². The summed E-state index contributed by atoms with van der Waals surface area (Å²) in [5, 5.41) is 0. The molecule has 1 aliphatic rings. The van der Waals surface area contributed by atoms with Gasteiger partial charge in [-0.2, -0.15) is 24.4 Å². The predicted octanol–water partition coefficient (Wildman–Crippen LogP) is 4.16. The molecule has 0 unspecified atom stereocenters. The van der Waals surface area contributed by atoms with Crippen molar-refractivity contribution in [3.8, 4) is 0 Å². The van der Waals surface area contributed by atoms with E-state index in [1.54, 1.807) is 0 Å². The van der Waals surface area contributed by atoms with Gasteiger partial charge in [0.1, 0.15) is 0 Å². The summed E-state index contributed by atoms with van der Waals surface area (Å²) in [6, 6.07) is 3.71.